The Balaban J connectivity index is 1.96. The lowest BCUT2D eigenvalue weighted by Gasteiger charge is -2.05. The van der Waals surface area contributed by atoms with Crippen LogP contribution in [0.1, 0.15) is 43.1 Å². The standard InChI is InChI=1S/C14H19N3O/c1-2-3-9-13-16-14(18-17-13)12(15)10-11-7-5-4-6-8-11/h4-8,12H,2-3,9-10,15H2,1H3. The number of aryl methyl sites for hydroxylation is 1. The van der Waals surface area contributed by atoms with Gasteiger partial charge in [0, 0.05) is 6.42 Å². The molecule has 1 aromatic heterocycles. The van der Waals surface area contributed by atoms with Gasteiger partial charge in [-0.3, -0.25) is 0 Å². The largest absolute Gasteiger partial charge is 0.338 e. The van der Waals surface area contributed by atoms with Crippen molar-refractivity contribution >= 4 is 0 Å². The van der Waals surface area contributed by atoms with Crippen LogP contribution in [0.4, 0.5) is 0 Å². The molecule has 2 aromatic rings. The first kappa shape index (κ1) is 12.8. The van der Waals surface area contributed by atoms with Crippen molar-refractivity contribution in [1.82, 2.24) is 10.1 Å². The van der Waals surface area contributed by atoms with Crippen LogP contribution in [0.15, 0.2) is 34.9 Å². The molecular formula is C14H19N3O. The van der Waals surface area contributed by atoms with Gasteiger partial charge in [0.05, 0.1) is 6.04 Å². The van der Waals surface area contributed by atoms with Crippen molar-refractivity contribution in [2.75, 3.05) is 0 Å². The highest BCUT2D eigenvalue weighted by atomic mass is 16.5. The molecule has 2 rings (SSSR count). The zero-order chi connectivity index (χ0) is 12.8. The Morgan fingerprint density at radius 1 is 1.28 bits per heavy atom. The number of hydrogen-bond acceptors (Lipinski definition) is 4. The molecule has 0 aliphatic carbocycles. The molecule has 0 radical (unpaired) electrons. The lowest BCUT2D eigenvalue weighted by atomic mass is 10.1. The van der Waals surface area contributed by atoms with Crippen molar-refractivity contribution in [3.05, 3.63) is 47.6 Å². The molecule has 1 atom stereocenters. The van der Waals surface area contributed by atoms with Gasteiger partial charge in [0.1, 0.15) is 0 Å². The fraction of sp³-hybridized carbons (Fsp3) is 0.429. The fourth-order valence-corrected chi connectivity index (χ4v) is 1.81. The number of unbranched alkanes of at least 4 members (excludes halogenated alkanes) is 1. The molecule has 18 heavy (non-hydrogen) atoms. The maximum absolute atomic E-state index is 6.07. The molecule has 0 aliphatic rings. The molecule has 96 valence electrons. The number of rotatable bonds is 6. The number of nitrogens with zero attached hydrogens (tertiary/aromatic N) is 2. The van der Waals surface area contributed by atoms with E-state index in [1.54, 1.807) is 0 Å². The SMILES string of the molecule is CCCCc1noc(C(N)Cc2ccccc2)n1. The van der Waals surface area contributed by atoms with Gasteiger partial charge in [0.2, 0.25) is 5.89 Å². The van der Waals surface area contributed by atoms with E-state index in [1.165, 1.54) is 5.56 Å². The van der Waals surface area contributed by atoms with Crippen molar-refractivity contribution in [3.8, 4) is 0 Å². The highest BCUT2D eigenvalue weighted by Gasteiger charge is 2.14. The molecule has 4 heteroatoms. The highest BCUT2D eigenvalue weighted by molar-refractivity contribution is 5.16. The maximum atomic E-state index is 6.07. The average molecular weight is 245 g/mol. The molecule has 1 heterocycles. The molecule has 0 saturated carbocycles. The predicted molar refractivity (Wildman–Crippen MR) is 70.0 cm³/mol. The number of nitrogens with two attached hydrogens (primary N) is 1. The number of hydrogen-bond donors (Lipinski definition) is 1. The van der Waals surface area contributed by atoms with Gasteiger partial charge in [0.25, 0.3) is 0 Å². The summed E-state index contributed by atoms with van der Waals surface area (Å²) in [7, 11) is 0. The normalized spacial score (nSPS) is 12.6. The van der Waals surface area contributed by atoms with Gasteiger partial charge in [-0.05, 0) is 18.4 Å². The summed E-state index contributed by atoms with van der Waals surface area (Å²) < 4.78 is 5.21. The summed E-state index contributed by atoms with van der Waals surface area (Å²) in [6.07, 6.45) is 3.78. The molecule has 0 saturated heterocycles. The molecule has 1 aromatic carbocycles. The summed E-state index contributed by atoms with van der Waals surface area (Å²) in [5, 5.41) is 3.95. The Morgan fingerprint density at radius 2 is 2.06 bits per heavy atom. The van der Waals surface area contributed by atoms with Gasteiger partial charge in [-0.15, -0.1) is 0 Å². The third kappa shape index (κ3) is 3.40. The quantitative estimate of drug-likeness (QED) is 0.849. The molecule has 0 aliphatic heterocycles. The highest BCUT2D eigenvalue weighted by Crippen LogP contribution is 2.14. The summed E-state index contributed by atoms with van der Waals surface area (Å²) in [4.78, 5) is 4.34. The Labute approximate surface area is 107 Å². The Kier molecular flexibility index (Phi) is 4.47. The fourth-order valence-electron chi connectivity index (χ4n) is 1.81. The summed E-state index contributed by atoms with van der Waals surface area (Å²) in [5.74, 6) is 1.29. The van der Waals surface area contributed by atoms with Crippen molar-refractivity contribution in [3.63, 3.8) is 0 Å². The minimum atomic E-state index is -0.227. The summed E-state index contributed by atoms with van der Waals surface area (Å²) in [6.45, 7) is 2.14. The van der Waals surface area contributed by atoms with Crippen LogP contribution < -0.4 is 5.73 Å². The third-order valence-corrected chi connectivity index (χ3v) is 2.85. The van der Waals surface area contributed by atoms with E-state index < -0.39 is 0 Å². The summed E-state index contributed by atoms with van der Waals surface area (Å²) in [6, 6.07) is 9.87. The van der Waals surface area contributed by atoms with E-state index in [4.69, 9.17) is 10.3 Å². The first-order valence-electron chi connectivity index (χ1n) is 6.41. The third-order valence-electron chi connectivity index (χ3n) is 2.85. The molecule has 2 N–H and O–H groups in total. The van der Waals surface area contributed by atoms with E-state index in [0.717, 1.165) is 31.5 Å². The lowest BCUT2D eigenvalue weighted by molar-refractivity contribution is 0.350. The van der Waals surface area contributed by atoms with Crippen LogP contribution >= 0.6 is 0 Å². The second kappa shape index (κ2) is 6.31. The molecule has 0 bridgehead atoms. The average Bonchev–Trinajstić information content (AvgIpc) is 2.86. The van der Waals surface area contributed by atoms with Crippen molar-refractivity contribution in [1.29, 1.82) is 0 Å². The van der Waals surface area contributed by atoms with Crippen molar-refractivity contribution < 1.29 is 4.52 Å². The van der Waals surface area contributed by atoms with Gasteiger partial charge < -0.3 is 10.3 Å². The molecule has 0 spiro atoms. The number of benzene rings is 1. The Hall–Kier alpha value is -1.68. The Bertz CT molecular complexity index is 467. The van der Waals surface area contributed by atoms with E-state index in [0.29, 0.717) is 5.89 Å². The minimum Gasteiger partial charge on any atom is -0.338 e. The molecule has 4 nitrogen and oxygen atoms in total. The lowest BCUT2D eigenvalue weighted by Crippen LogP contribution is -2.13. The van der Waals surface area contributed by atoms with E-state index in [2.05, 4.69) is 17.1 Å². The Morgan fingerprint density at radius 3 is 2.78 bits per heavy atom. The van der Waals surface area contributed by atoms with Crippen molar-refractivity contribution in [2.24, 2.45) is 5.73 Å². The van der Waals surface area contributed by atoms with Crippen molar-refractivity contribution in [2.45, 2.75) is 38.6 Å². The van der Waals surface area contributed by atoms with Gasteiger partial charge in [-0.25, -0.2) is 0 Å². The van der Waals surface area contributed by atoms with E-state index in [1.807, 2.05) is 30.3 Å². The van der Waals surface area contributed by atoms with Crippen LogP contribution in [0.25, 0.3) is 0 Å². The second-order valence-electron chi connectivity index (χ2n) is 4.45. The molecular weight excluding hydrogens is 226 g/mol. The van der Waals surface area contributed by atoms with Crippen LogP contribution in [-0.2, 0) is 12.8 Å². The van der Waals surface area contributed by atoms with Crippen LogP contribution in [0.3, 0.4) is 0 Å². The topological polar surface area (TPSA) is 64.9 Å². The van der Waals surface area contributed by atoms with E-state index in [-0.39, 0.29) is 6.04 Å². The molecule has 0 amide bonds. The van der Waals surface area contributed by atoms with Gasteiger partial charge in [-0.2, -0.15) is 4.98 Å². The first-order chi connectivity index (χ1) is 8.79. The monoisotopic (exact) mass is 245 g/mol. The van der Waals surface area contributed by atoms with Gasteiger partial charge >= 0.3 is 0 Å². The first-order valence-corrected chi connectivity index (χ1v) is 6.41. The number of aromatic nitrogens is 2. The smallest absolute Gasteiger partial charge is 0.243 e. The predicted octanol–water partition coefficient (Wildman–Crippen LogP) is 2.65. The summed E-state index contributed by atoms with van der Waals surface area (Å²) >= 11 is 0. The van der Waals surface area contributed by atoms with E-state index in [9.17, 15) is 0 Å². The second-order valence-corrected chi connectivity index (χ2v) is 4.45. The van der Waals surface area contributed by atoms with Gasteiger partial charge in [0.15, 0.2) is 5.82 Å². The van der Waals surface area contributed by atoms with E-state index >= 15 is 0 Å². The minimum absolute atomic E-state index is 0.227. The molecule has 1 unspecified atom stereocenters. The van der Waals surface area contributed by atoms with Gasteiger partial charge in [-0.1, -0.05) is 48.8 Å². The van der Waals surface area contributed by atoms with Crippen LogP contribution in [-0.4, -0.2) is 10.1 Å². The maximum Gasteiger partial charge on any atom is 0.243 e. The zero-order valence-electron chi connectivity index (χ0n) is 10.7. The zero-order valence-corrected chi connectivity index (χ0v) is 10.7. The molecule has 0 fully saturated rings. The summed E-state index contributed by atoms with van der Waals surface area (Å²) in [5.41, 5.74) is 7.25. The van der Waals surface area contributed by atoms with Crippen LogP contribution in [0.5, 0.6) is 0 Å². The van der Waals surface area contributed by atoms with Crippen LogP contribution in [0, 0.1) is 0 Å². The van der Waals surface area contributed by atoms with Crippen LogP contribution in [0.2, 0.25) is 0 Å².